The molecule has 2 aromatic rings. The molecule has 2 rings (SSSR count). The van der Waals surface area contributed by atoms with E-state index in [9.17, 15) is 18.0 Å². The van der Waals surface area contributed by atoms with E-state index in [1.54, 1.807) is 6.92 Å². The number of amides is 1. The van der Waals surface area contributed by atoms with Crippen molar-refractivity contribution in [1.82, 2.24) is 0 Å². The highest BCUT2D eigenvalue weighted by Crippen LogP contribution is 2.37. The van der Waals surface area contributed by atoms with Crippen LogP contribution in [0.5, 0.6) is 17.2 Å². The summed E-state index contributed by atoms with van der Waals surface area (Å²) in [6, 6.07) is 8.71. The lowest BCUT2D eigenvalue weighted by Gasteiger charge is -2.16. The van der Waals surface area contributed by atoms with Gasteiger partial charge in [-0.3, -0.25) is 4.79 Å². The lowest BCUT2D eigenvalue weighted by molar-refractivity contribution is -0.137. The van der Waals surface area contributed by atoms with Gasteiger partial charge >= 0.3 is 6.18 Å². The van der Waals surface area contributed by atoms with Crippen molar-refractivity contribution in [2.75, 3.05) is 0 Å². The van der Waals surface area contributed by atoms with Gasteiger partial charge < -0.3 is 15.2 Å². The van der Waals surface area contributed by atoms with Gasteiger partial charge in [-0.25, -0.2) is 0 Å². The van der Waals surface area contributed by atoms with Crippen molar-refractivity contribution in [3.8, 4) is 23.3 Å². The number of halogens is 4. The number of nitrogens with zero attached hydrogens (tertiary/aromatic N) is 1. The summed E-state index contributed by atoms with van der Waals surface area (Å²) in [5, 5.41) is 8.92. The Morgan fingerprint density at radius 1 is 1.26 bits per heavy atom. The molecule has 5 nitrogen and oxygen atoms in total. The fraction of sp³-hybridized carbons (Fsp3) is 0.222. The molecule has 2 N–H and O–H groups in total. The van der Waals surface area contributed by atoms with Gasteiger partial charge in [-0.2, -0.15) is 18.4 Å². The monoisotopic (exact) mass is 398 g/mol. The van der Waals surface area contributed by atoms with Crippen LogP contribution >= 0.6 is 11.6 Å². The minimum absolute atomic E-state index is 0.0118. The molecule has 9 heteroatoms. The molecule has 0 saturated heterocycles. The molecule has 0 spiro atoms. The molecule has 2 aromatic carbocycles. The van der Waals surface area contributed by atoms with Gasteiger partial charge in [0.05, 0.1) is 16.1 Å². The quantitative estimate of drug-likeness (QED) is 0.766. The summed E-state index contributed by atoms with van der Waals surface area (Å²) in [6.07, 6.45) is -5.18. The SMILES string of the molecule is CCC(Oc1cc(Oc2ccc(C(F)(F)F)cc2Cl)ccc1C#N)C(N)=O. The summed E-state index contributed by atoms with van der Waals surface area (Å²) in [5.74, 6) is -0.491. The number of ether oxygens (including phenoxy) is 2. The second-order valence-corrected chi connectivity index (χ2v) is 5.84. The Morgan fingerprint density at radius 2 is 1.96 bits per heavy atom. The highest BCUT2D eigenvalue weighted by Gasteiger charge is 2.31. The Hall–Kier alpha value is -2.92. The summed E-state index contributed by atoms with van der Waals surface area (Å²) in [6.45, 7) is 1.68. The Balaban J connectivity index is 2.31. The second kappa shape index (κ2) is 8.18. The van der Waals surface area contributed by atoms with Crippen molar-refractivity contribution >= 4 is 17.5 Å². The first-order chi connectivity index (χ1) is 12.7. The van der Waals surface area contributed by atoms with Gasteiger partial charge in [0.15, 0.2) is 6.10 Å². The first-order valence-electron chi connectivity index (χ1n) is 7.70. The standard InChI is InChI=1S/C18H14ClF3N2O3/c1-2-14(17(24)25)27-16-8-12(5-3-10(16)9-23)26-15-6-4-11(7-13(15)19)18(20,21)22/h3-8,14H,2H2,1H3,(H2,24,25). The van der Waals surface area contributed by atoms with E-state index in [1.807, 2.05) is 6.07 Å². The number of benzene rings is 2. The van der Waals surface area contributed by atoms with Crippen LogP contribution in [0.4, 0.5) is 13.2 Å². The van der Waals surface area contributed by atoms with Crippen LogP contribution in [0.1, 0.15) is 24.5 Å². The number of alkyl halides is 3. The number of nitrogens with two attached hydrogens (primary N) is 1. The molecule has 0 aliphatic carbocycles. The van der Waals surface area contributed by atoms with Crippen LogP contribution in [-0.4, -0.2) is 12.0 Å². The fourth-order valence-corrected chi connectivity index (χ4v) is 2.36. The van der Waals surface area contributed by atoms with Gasteiger partial charge in [0.2, 0.25) is 0 Å². The first-order valence-corrected chi connectivity index (χ1v) is 8.08. The molecule has 27 heavy (non-hydrogen) atoms. The van der Waals surface area contributed by atoms with Crippen LogP contribution in [0.15, 0.2) is 36.4 Å². The maximum atomic E-state index is 12.7. The third-order valence-corrected chi connectivity index (χ3v) is 3.81. The van der Waals surface area contributed by atoms with Crippen LogP contribution in [0.25, 0.3) is 0 Å². The van der Waals surface area contributed by atoms with E-state index >= 15 is 0 Å². The Bertz CT molecular complexity index is 894. The highest BCUT2D eigenvalue weighted by molar-refractivity contribution is 6.32. The normalized spacial score (nSPS) is 12.1. The van der Waals surface area contributed by atoms with Crippen molar-refractivity contribution in [3.63, 3.8) is 0 Å². The van der Waals surface area contributed by atoms with E-state index in [0.29, 0.717) is 0 Å². The minimum atomic E-state index is -4.53. The second-order valence-electron chi connectivity index (χ2n) is 5.43. The molecule has 0 saturated carbocycles. The Labute approximate surface area is 158 Å². The average molecular weight is 399 g/mol. The van der Waals surface area contributed by atoms with Crippen LogP contribution in [-0.2, 0) is 11.0 Å². The van der Waals surface area contributed by atoms with Crippen LogP contribution in [0.3, 0.4) is 0 Å². The van der Waals surface area contributed by atoms with Crippen molar-refractivity contribution in [3.05, 3.63) is 52.5 Å². The van der Waals surface area contributed by atoms with Gasteiger partial charge in [-0.15, -0.1) is 0 Å². The highest BCUT2D eigenvalue weighted by atomic mass is 35.5. The molecule has 0 radical (unpaired) electrons. The van der Waals surface area contributed by atoms with E-state index in [-0.39, 0.29) is 34.3 Å². The Morgan fingerprint density at radius 3 is 2.48 bits per heavy atom. The van der Waals surface area contributed by atoms with E-state index in [2.05, 4.69) is 0 Å². The Kier molecular flexibility index (Phi) is 6.18. The summed E-state index contributed by atoms with van der Waals surface area (Å²) in [4.78, 5) is 11.3. The van der Waals surface area contributed by atoms with Crippen molar-refractivity contribution in [2.24, 2.45) is 5.73 Å². The van der Waals surface area contributed by atoms with Gasteiger partial charge in [-0.05, 0) is 36.8 Å². The van der Waals surface area contributed by atoms with E-state index in [1.165, 1.54) is 18.2 Å². The molecule has 1 unspecified atom stereocenters. The van der Waals surface area contributed by atoms with Crippen LogP contribution < -0.4 is 15.2 Å². The van der Waals surface area contributed by atoms with Gasteiger partial charge in [0.25, 0.3) is 5.91 Å². The van der Waals surface area contributed by atoms with Gasteiger partial charge in [-0.1, -0.05) is 18.5 Å². The molecule has 0 aliphatic rings. The number of rotatable bonds is 6. The van der Waals surface area contributed by atoms with Crippen molar-refractivity contribution in [2.45, 2.75) is 25.6 Å². The largest absolute Gasteiger partial charge is 0.479 e. The topological polar surface area (TPSA) is 85.3 Å². The predicted molar refractivity (Wildman–Crippen MR) is 91.6 cm³/mol. The average Bonchev–Trinajstić information content (AvgIpc) is 2.60. The third kappa shape index (κ3) is 5.05. The van der Waals surface area contributed by atoms with Gasteiger partial charge in [0, 0.05) is 6.07 Å². The summed E-state index contributed by atoms with van der Waals surface area (Å²) in [7, 11) is 0. The van der Waals surface area contributed by atoms with Crippen molar-refractivity contribution in [1.29, 1.82) is 5.26 Å². The number of hydrogen-bond acceptors (Lipinski definition) is 4. The summed E-state index contributed by atoms with van der Waals surface area (Å²) >= 11 is 5.86. The lowest BCUT2D eigenvalue weighted by Crippen LogP contribution is -2.33. The molecule has 0 aromatic heterocycles. The zero-order valence-corrected chi connectivity index (χ0v) is 14.8. The van der Waals surface area contributed by atoms with E-state index in [4.69, 9.17) is 32.1 Å². The zero-order valence-electron chi connectivity index (χ0n) is 14.0. The third-order valence-electron chi connectivity index (χ3n) is 3.52. The van der Waals surface area contributed by atoms with Crippen LogP contribution in [0.2, 0.25) is 5.02 Å². The molecule has 0 fully saturated rings. The lowest BCUT2D eigenvalue weighted by atomic mass is 10.2. The molecule has 1 amide bonds. The fourth-order valence-electron chi connectivity index (χ4n) is 2.14. The van der Waals surface area contributed by atoms with E-state index < -0.39 is 23.8 Å². The number of hydrogen-bond donors (Lipinski definition) is 1. The number of carbonyl (C=O) groups is 1. The van der Waals surface area contributed by atoms with E-state index in [0.717, 1.165) is 18.2 Å². The molecule has 0 heterocycles. The smallest absolute Gasteiger partial charge is 0.416 e. The maximum Gasteiger partial charge on any atom is 0.416 e. The molecule has 0 bridgehead atoms. The molecule has 0 aliphatic heterocycles. The minimum Gasteiger partial charge on any atom is -0.479 e. The number of carbonyl (C=O) groups excluding carboxylic acids is 1. The van der Waals surface area contributed by atoms with Crippen LogP contribution in [0, 0.1) is 11.3 Å². The molecular weight excluding hydrogens is 385 g/mol. The summed E-state index contributed by atoms with van der Waals surface area (Å²) in [5.41, 5.74) is 4.46. The molecule has 142 valence electrons. The zero-order chi connectivity index (χ0) is 20.2. The number of primary amides is 1. The molecular formula is C18H14ClF3N2O3. The maximum absolute atomic E-state index is 12.7. The van der Waals surface area contributed by atoms with Crippen molar-refractivity contribution < 1.29 is 27.4 Å². The summed E-state index contributed by atoms with van der Waals surface area (Å²) < 4.78 is 49.0. The van der Waals surface area contributed by atoms with Gasteiger partial charge in [0.1, 0.15) is 23.3 Å². The molecule has 1 atom stereocenters. The first kappa shape index (κ1) is 20.4. The predicted octanol–water partition coefficient (Wildman–Crippen LogP) is 4.67. The number of nitriles is 1.